The Morgan fingerprint density at radius 3 is 2.50 bits per heavy atom. The number of halogens is 3. The minimum Gasteiger partial charge on any atom is -0.503 e. The summed E-state index contributed by atoms with van der Waals surface area (Å²) in [4.78, 5) is 11.5. The van der Waals surface area contributed by atoms with Crippen LogP contribution in [0, 0.1) is 17.5 Å². The van der Waals surface area contributed by atoms with E-state index in [4.69, 9.17) is 10.2 Å². The van der Waals surface area contributed by atoms with Crippen LogP contribution in [0.2, 0.25) is 0 Å². The van der Waals surface area contributed by atoms with Crippen molar-refractivity contribution in [2.24, 2.45) is 0 Å². The molecule has 0 fully saturated rings. The topological polar surface area (TPSA) is 69.6 Å². The SMILES string of the molecule is CC[C@H](CO)NC(=O)c1cc(F)c(F)c(O)c1F. The number of hydrogen-bond acceptors (Lipinski definition) is 3. The van der Waals surface area contributed by atoms with E-state index in [1.54, 1.807) is 6.92 Å². The number of hydrogen-bond donors (Lipinski definition) is 3. The number of amides is 1. The second-order valence-corrected chi connectivity index (χ2v) is 3.64. The Kier molecular flexibility index (Phi) is 4.55. The third-order valence-corrected chi connectivity index (χ3v) is 2.43. The van der Waals surface area contributed by atoms with Gasteiger partial charge in [-0.05, 0) is 12.5 Å². The first-order chi connectivity index (χ1) is 8.42. The average Bonchev–Trinajstić information content (AvgIpc) is 2.37. The molecule has 0 saturated heterocycles. The van der Waals surface area contributed by atoms with Gasteiger partial charge in [0.15, 0.2) is 17.4 Å². The molecule has 0 aromatic heterocycles. The summed E-state index contributed by atoms with van der Waals surface area (Å²) < 4.78 is 39.1. The molecule has 1 aromatic rings. The van der Waals surface area contributed by atoms with Crippen LogP contribution in [0.3, 0.4) is 0 Å². The van der Waals surface area contributed by atoms with Crippen molar-refractivity contribution in [3.63, 3.8) is 0 Å². The second kappa shape index (κ2) is 5.72. The van der Waals surface area contributed by atoms with E-state index in [9.17, 15) is 18.0 Å². The molecule has 18 heavy (non-hydrogen) atoms. The number of aromatic hydroxyl groups is 1. The summed E-state index contributed by atoms with van der Waals surface area (Å²) >= 11 is 0. The van der Waals surface area contributed by atoms with Gasteiger partial charge in [0.05, 0.1) is 18.2 Å². The van der Waals surface area contributed by atoms with Crippen LogP contribution in [0.5, 0.6) is 5.75 Å². The molecule has 0 bridgehead atoms. The monoisotopic (exact) mass is 263 g/mol. The summed E-state index contributed by atoms with van der Waals surface area (Å²) in [5.74, 6) is -7.41. The Bertz CT molecular complexity index is 461. The zero-order chi connectivity index (χ0) is 13.9. The van der Waals surface area contributed by atoms with Crippen LogP contribution in [0.4, 0.5) is 13.2 Å². The smallest absolute Gasteiger partial charge is 0.254 e. The molecular weight excluding hydrogens is 251 g/mol. The van der Waals surface area contributed by atoms with E-state index in [2.05, 4.69) is 5.32 Å². The highest BCUT2D eigenvalue weighted by Crippen LogP contribution is 2.25. The first-order valence-electron chi connectivity index (χ1n) is 5.20. The average molecular weight is 263 g/mol. The second-order valence-electron chi connectivity index (χ2n) is 3.64. The number of carbonyl (C=O) groups is 1. The Balaban J connectivity index is 3.07. The van der Waals surface area contributed by atoms with Crippen molar-refractivity contribution in [2.45, 2.75) is 19.4 Å². The van der Waals surface area contributed by atoms with Gasteiger partial charge in [-0.3, -0.25) is 4.79 Å². The van der Waals surface area contributed by atoms with Crippen LogP contribution in [0.25, 0.3) is 0 Å². The predicted octanol–water partition coefficient (Wildman–Crippen LogP) is 1.31. The highest BCUT2D eigenvalue weighted by atomic mass is 19.2. The molecule has 0 aliphatic heterocycles. The van der Waals surface area contributed by atoms with E-state index in [1.807, 2.05) is 0 Å². The molecular formula is C11H12F3NO3. The van der Waals surface area contributed by atoms with E-state index >= 15 is 0 Å². The summed E-state index contributed by atoms with van der Waals surface area (Å²) in [7, 11) is 0. The highest BCUT2D eigenvalue weighted by Gasteiger charge is 2.23. The summed E-state index contributed by atoms with van der Waals surface area (Å²) in [5, 5.41) is 20.0. The molecule has 0 radical (unpaired) electrons. The van der Waals surface area contributed by atoms with Crippen LogP contribution in [0.15, 0.2) is 6.07 Å². The molecule has 0 saturated carbocycles. The molecule has 0 heterocycles. The van der Waals surface area contributed by atoms with Gasteiger partial charge < -0.3 is 15.5 Å². The van der Waals surface area contributed by atoms with E-state index in [0.717, 1.165) is 0 Å². The predicted molar refractivity (Wildman–Crippen MR) is 56.6 cm³/mol. The van der Waals surface area contributed by atoms with Crippen LogP contribution >= 0.6 is 0 Å². The van der Waals surface area contributed by atoms with Gasteiger partial charge >= 0.3 is 0 Å². The Morgan fingerprint density at radius 1 is 1.39 bits per heavy atom. The third-order valence-electron chi connectivity index (χ3n) is 2.43. The summed E-state index contributed by atoms with van der Waals surface area (Å²) in [6.07, 6.45) is 0.375. The highest BCUT2D eigenvalue weighted by molar-refractivity contribution is 5.95. The minimum atomic E-state index is -1.75. The fourth-order valence-corrected chi connectivity index (χ4v) is 1.30. The standard InChI is InChI=1S/C11H12F3NO3/c1-2-5(4-16)15-11(18)6-3-7(12)9(14)10(17)8(6)13/h3,5,16-17H,2,4H2,1H3,(H,15,18)/t5-/m1/s1. The lowest BCUT2D eigenvalue weighted by atomic mass is 10.1. The maximum atomic E-state index is 13.4. The molecule has 1 amide bonds. The van der Waals surface area contributed by atoms with Gasteiger partial charge in [0.25, 0.3) is 5.91 Å². The molecule has 0 aliphatic rings. The maximum Gasteiger partial charge on any atom is 0.254 e. The largest absolute Gasteiger partial charge is 0.503 e. The van der Waals surface area contributed by atoms with Crippen LogP contribution < -0.4 is 5.32 Å². The van der Waals surface area contributed by atoms with E-state index in [-0.39, 0.29) is 6.61 Å². The van der Waals surface area contributed by atoms with Gasteiger partial charge in [0.2, 0.25) is 5.82 Å². The lowest BCUT2D eigenvalue weighted by Crippen LogP contribution is -2.37. The van der Waals surface area contributed by atoms with Crippen molar-refractivity contribution in [1.29, 1.82) is 0 Å². The zero-order valence-electron chi connectivity index (χ0n) is 9.51. The van der Waals surface area contributed by atoms with Gasteiger partial charge in [-0.25, -0.2) is 8.78 Å². The molecule has 0 unspecified atom stereocenters. The van der Waals surface area contributed by atoms with Crippen molar-refractivity contribution >= 4 is 5.91 Å². The van der Waals surface area contributed by atoms with Crippen molar-refractivity contribution in [2.75, 3.05) is 6.61 Å². The molecule has 100 valence electrons. The number of nitrogens with one attached hydrogen (secondary N) is 1. The van der Waals surface area contributed by atoms with Gasteiger partial charge in [0, 0.05) is 0 Å². The number of carbonyl (C=O) groups excluding carboxylic acids is 1. The number of phenols is 1. The Morgan fingerprint density at radius 2 is 2.00 bits per heavy atom. The molecule has 1 aromatic carbocycles. The number of aliphatic hydroxyl groups excluding tert-OH is 1. The third kappa shape index (κ3) is 2.73. The van der Waals surface area contributed by atoms with Crippen molar-refractivity contribution in [3.05, 3.63) is 29.1 Å². The summed E-state index contributed by atoms with van der Waals surface area (Å²) in [5.41, 5.74) is -0.821. The summed E-state index contributed by atoms with van der Waals surface area (Å²) in [6.45, 7) is 1.29. The maximum absolute atomic E-state index is 13.4. The fourth-order valence-electron chi connectivity index (χ4n) is 1.30. The lowest BCUT2D eigenvalue weighted by molar-refractivity contribution is 0.0909. The van der Waals surface area contributed by atoms with E-state index < -0.39 is 40.7 Å². The number of phenolic OH excluding ortho intramolecular Hbond substituents is 1. The molecule has 3 N–H and O–H groups in total. The van der Waals surface area contributed by atoms with Crippen molar-refractivity contribution in [1.82, 2.24) is 5.32 Å². The number of aliphatic hydroxyl groups is 1. The zero-order valence-corrected chi connectivity index (χ0v) is 9.51. The van der Waals surface area contributed by atoms with Crippen molar-refractivity contribution < 1.29 is 28.2 Å². The number of rotatable bonds is 4. The normalized spacial score (nSPS) is 12.3. The molecule has 7 heteroatoms. The molecule has 1 atom stereocenters. The molecule has 0 spiro atoms. The fraction of sp³-hybridized carbons (Fsp3) is 0.364. The lowest BCUT2D eigenvalue weighted by Gasteiger charge is -2.14. The summed E-state index contributed by atoms with van der Waals surface area (Å²) in [6, 6.07) is -0.281. The molecule has 1 rings (SSSR count). The first kappa shape index (κ1) is 14.3. The van der Waals surface area contributed by atoms with E-state index in [0.29, 0.717) is 12.5 Å². The molecule has 4 nitrogen and oxygen atoms in total. The van der Waals surface area contributed by atoms with E-state index in [1.165, 1.54) is 0 Å². The van der Waals surface area contributed by atoms with Gasteiger partial charge in [-0.2, -0.15) is 4.39 Å². The first-order valence-corrected chi connectivity index (χ1v) is 5.20. The Labute approximate surface area is 101 Å². The number of benzene rings is 1. The van der Waals surface area contributed by atoms with Crippen molar-refractivity contribution in [3.8, 4) is 5.75 Å². The van der Waals surface area contributed by atoms with Gasteiger partial charge in [-0.1, -0.05) is 6.92 Å². The van der Waals surface area contributed by atoms with Gasteiger partial charge in [-0.15, -0.1) is 0 Å². The van der Waals surface area contributed by atoms with Gasteiger partial charge in [0.1, 0.15) is 0 Å². The van der Waals surface area contributed by atoms with Crippen LogP contribution in [-0.2, 0) is 0 Å². The van der Waals surface area contributed by atoms with Crippen LogP contribution in [-0.4, -0.2) is 28.8 Å². The Hall–Kier alpha value is -1.76. The quantitative estimate of drug-likeness (QED) is 0.717. The molecule has 0 aliphatic carbocycles. The minimum absolute atomic E-state index is 0.351. The van der Waals surface area contributed by atoms with Crippen LogP contribution in [0.1, 0.15) is 23.7 Å².